The Labute approximate surface area is 405 Å². The second-order valence-corrected chi connectivity index (χ2v) is 20.0. The van der Waals surface area contributed by atoms with Crippen molar-refractivity contribution in [2.45, 2.75) is 194 Å². The van der Waals surface area contributed by atoms with Crippen LogP contribution in [0.2, 0.25) is 0 Å². The first kappa shape index (κ1) is 58.6. The first-order chi connectivity index (χ1) is 32.0. The van der Waals surface area contributed by atoms with Gasteiger partial charge in [0.15, 0.2) is 0 Å². The molecule has 16 heteroatoms. The number of alkyl carbamates (subject to hydrolysis) is 2. The SMILES string of the molecule is CC[C@H](C)[C@H](NC(=O)[C@H](Cc1ccc(O)cc1)NC(=O)OC(C)(C)C)C(=O)NCCCCCCCCCCCCNC(=O)[C@@H](NC(=O)[C@H](Cc1ccc(O)cc1)NC(=O)OC(C)(C)C)[C@@H](C)CC. The van der Waals surface area contributed by atoms with Crippen molar-refractivity contribution in [3.63, 3.8) is 0 Å². The number of hydrogen-bond acceptors (Lipinski definition) is 10. The summed E-state index contributed by atoms with van der Waals surface area (Å²) in [5.74, 6) is -1.69. The van der Waals surface area contributed by atoms with Crippen LogP contribution in [0.1, 0.15) is 157 Å². The van der Waals surface area contributed by atoms with Crippen LogP contribution in [0.5, 0.6) is 11.5 Å². The number of unbranched alkanes of at least 4 members (excludes halogenated alkanes) is 9. The summed E-state index contributed by atoms with van der Waals surface area (Å²) in [6, 6.07) is 9.11. The van der Waals surface area contributed by atoms with E-state index in [4.69, 9.17) is 9.47 Å². The minimum absolute atomic E-state index is 0.0837. The number of benzene rings is 2. The third-order valence-electron chi connectivity index (χ3n) is 11.6. The standard InChI is InChI=1S/C52H84N6O10/c1-11-35(3)43(57-45(61)41(55-49(65)67-51(5,6)7)33-37-23-27-39(59)28-24-37)47(63)53-31-21-19-17-15-13-14-16-18-20-22-32-54-48(64)44(36(4)12-2)58-46(62)42(56-50(66)68-52(8,9)10)34-38-25-29-40(60)30-26-38/h23-30,35-36,41-44,59-60H,11-22,31-34H2,1-10H3,(H,53,63)(H,54,64)(H,55,65)(H,56,66)(H,57,61)(H,58,62)/t35-,36-,41-,42-,43-,44-/m0/s1. The molecule has 0 fully saturated rings. The van der Waals surface area contributed by atoms with Crippen LogP contribution in [-0.4, -0.2) is 94.5 Å². The van der Waals surface area contributed by atoms with Crippen molar-refractivity contribution in [3.8, 4) is 11.5 Å². The molecule has 0 radical (unpaired) electrons. The van der Waals surface area contributed by atoms with Crippen LogP contribution in [0.15, 0.2) is 48.5 Å². The maximum absolute atomic E-state index is 13.6. The molecule has 2 aromatic carbocycles. The zero-order valence-electron chi connectivity index (χ0n) is 42.6. The van der Waals surface area contributed by atoms with E-state index in [1.807, 2.05) is 27.7 Å². The monoisotopic (exact) mass is 953 g/mol. The number of carbonyl (C=O) groups excluding carboxylic acids is 6. The Hall–Kier alpha value is -5.54. The highest BCUT2D eigenvalue weighted by molar-refractivity contribution is 5.92. The van der Waals surface area contributed by atoms with Gasteiger partial charge in [0, 0.05) is 25.9 Å². The quantitative estimate of drug-likeness (QED) is 0.0368. The van der Waals surface area contributed by atoms with Gasteiger partial charge in [-0.3, -0.25) is 19.2 Å². The first-order valence-corrected chi connectivity index (χ1v) is 24.7. The second kappa shape index (κ2) is 30.1. The number of hydrogen-bond donors (Lipinski definition) is 8. The third kappa shape index (κ3) is 24.5. The van der Waals surface area contributed by atoms with Gasteiger partial charge in [0.25, 0.3) is 0 Å². The molecule has 382 valence electrons. The average molecular weight is 953 g/mol. The number of carbonyl (C=O) groups is 6. The summed E-state index contributed by atoms with van der Waals surface area (Å²) in [5.41, 5.74) is -0.109. The molecule has 0 bridgehead atoms. The summed E-state index contributed by atoms with van der Waals surface area (Å²) in [6.07, 6.45) is 10.1. The molecule has 0 saturated carbocycles. The van der Waals surface area contributed by atoms with Crippen LogP contribution in [0.3, 0.4) is 0 Å². The van der Waals surface area contributed by atoms with Gasteiger partial charge >= 0.3 is 12.2 Å². The van der Waals surface area contributed by atoms with Crippen LogP contribution in [0, 0.1) is 11.8 Å². The number of phenols is 2. The lowest BCUT2D eigenvalue weighted by Gasteiger charge is -2.27. The minimum atomic E-state index is -1.01. The number of phenolic OH excluding ortho intramolecular Hbond substituents is 2. The maximum atomic E-state index is 13.6. The lowest BCUT2D eigenvalue weighted by atomic mass is 9.97. The van der Waals surface area contributed by atoms with E-state index >= 15 is 0 Å². The number of rotatable bonds is 29. The molecule has 2 rings (SSSR count). The summed E-state index contributed by atoms with van der Waals surface area (Å²) in [5, 5.41) is 36.5. The van der Waals surface area contributed by atoms with Gasteiger partial charge in [-0.1, -0.05) is 116 Å². The van der Waals surface area contributed by atoms with E-state index in [1.54, 1.807) is 65.8 Å². The smallest absolute Gasteiger partial charge is 0.408 e. The van der Waals surface area contributed by atoms with Crippen molar-refractivity contribution in [2.24, 2.45) is 11.8 Å². The molecule has 0 unspecified atom stereocenters. The average Bonchev–Trinajstić information content (AvgIpc) is 3.26. The fourth-order valence-corrected chi connectivity index (χ4v) is 7.27. The zero-order valence-corrected chi connectivity index (χ0v) is 42.6. The summed E-state index contributed by atoms with van der Waals surface area (Å²) in [6.45, 7) is 19.1. The van der Waals surface area contributed by atoms with E-state index in [9.17, 15) is 39.0 Å². The summed E-state index contributed by atoms with van der Waals surface area (Å²) in [4.78, 5) is 79.3. The number of nitrogens with one attached hydrogen (secondary N) is 6. The van der Waals surface area contributed by atoms with Gasteiger partial charge in [0.05, 0.1) is 0 Å². The molecule has 0 spiro atoms. The van der Waals surface area contributed by atoms with E-state index in [0.717, 1.165) is 64.2 Å². The van der Waals surface area contributed by atoms with Crippen LogP contribution in [0.25, 0.3) is 0 Å². The van der Waals surface area contributed by atoms with Crippen molar-refractivity contribution in [1.82, 2.24) is 31.9 Å². The summed E-state index contributed by atoms with van der Waals surface area (Å²) in [7, 11) is 0. The fraction of sp³-hybridized carbons (Fsp3) is 0.654. The minimum Gasteiger partial charge on any atom is -0.508 e. The topological polar surface area (TPSA) is 234 Å². The van der Waals surface area contributed by atoms with Gasteiger partial charge in [-0.25, -0.2) is 9.59 Å². The van der Waals surface area contributed by atoms with Crippen LogP contribution in [0.4, 0.5) is 9.59 Å². The second-order valence-electron chi connectivity index (χ2n) is 20.0. The molecule has 8 N–H and O–H groups in total. The van der Waals surface area contributed by atoms with Gasteiger partial charge in [0.2, 0.25) is 23.6 Å². The number of ether oxygens (including phenoxy) is 2. The Balaban J connectivity index is 1.73. The zero-order chi connectivity index (χ0) is 50.9. The van der Waals surface area contributed by atoms with E-state index in [-0.39, 0.29) is 48.0 Å². The normalized spacial score (nSPS) is 14.2. The molecule has 6 atom stereocenters. The predicted molar refractivity (Wildman–Crippen MR) is 265 cm³/mol. The van der Waals surface area contributed by atoms with E-state index in [2.05, 4.69) is 31.9 Å². The van der Waals surface area contributed by atoms with Gasteiger partial charge in [-0.15, -0.1) is 0 Å². The van der Waals surface area contributed by atoms with Gasteiger partial charge in [-0.2, -0.15) is 0 Å². The van der Waals surface area contributed by atoms with Crippen molar-refractivity contribution >= 4 is 35.8 Å². The largest absolute Gasteiger partial charge is 0.508 e. The molecule has 0 aliphatic heterocycles. The molecule has 0 aliphatic carbocycles. The van der Waals surface area contributed by atoms with E-state index in [0.29, 0.717) is 37.1 Å². The summed E-state index contributed by atoms with van der Waals surface area (Å²) < 4.78 is 10.8. The maximum Gasteiger partial charge on any atom is 0.408 e. The van der Waals surface area contributed by atoms with Gasteiger partial charge in [-0.05, 0) is 102 Å². The highest BCUT2D eigenvalue weighted by Gasteiger charge is 2.33. The van der Waals surface area contributed by atoms with Crippen molar-refractivity contribution in [2.75, 3.05) is 13.1 Å². The summed E-state index contributed by atoms with van der Waals surface area (Å²) >= 11 is 0. The number of aromatic hydroxyl groups is 2. The lowest BCUT2D eigenvalue weighted by Crippen LogP contribution is -2.56. The van der Waals surface area contributed by atoms with E-state index < -0.39 is 59.4 Å². The van der Waals surface area contributed by atoms with E-state index in [1.165, 1.54) is 24.3 Å². The molecule has 0 saturated heterocycles. The van der Waals surface area contributed by atoms with Crippen LogP contribution in [-0.2, 0) is 41.5 Å². The fourth-order valence-electron chi connectivity index (χ4n) is 7.27. The Morgan fingerprint density at radius 2 is 0.765 bits per heavy atom. The van der Waals surface area contributed by atoms with Gasteiger partial charge in [0.1, 0.15) is 46.9 Å². The Bertz CT molecular complexity index is 1710. The molecule has 68 heavy (non-hydrogen) atoms. The molecule has 0 aliphatic rings. The molecule has 0 heterocycles. The Morgan fingerprint density at radius 3 is 1.04 bits per heavy atom. The molecule has 16 nitrogen and oxygen atoms in total. The van der Waals surface area contributed by atoms with Crippen molar-refractivity contribution in [1.29, 1.82) is 0 Å². The third-order valence-corrected chi connectivity index (χ3v) is 11.6. The van der Waals surface area contributed by atoms with Crippen LogP contribution >= 0.6 is 0 Å². The lowest BCUT2D eigenvalue weighted by molar-refractivity contribution is -0.131. The molecular weight excluding hydrogens is 869 g/mol. The first-order valence-electron chi connectivity index (χ1n) is 24.7. The molecule has 6 amide bonds. The number of amides is 6. The highest BCUT2D eigenvalue weighted by Crippen LogP contribution is 2.17. The van der Waals surface area contributed by atoms with Crippen LogP contribution < -0.4 is 31.9 Å². The Morgan fingerprint density at radius 1 is 0.471 bits per heavy atom. The molecule has 0 aromatic heterocycles. The van der Waals surface area contributed by atoms with Crippen molar-refractivity contribution in [3.05, 3.63) is 59.7 Å². The Kier molecular flexibility index (Phi) is 25.9. The van der Waals surface area contributed by atoms with Gasteiger partial charge < -0.3 is 51.6 Å². The predicted octanol–water partition coefficient (Wildman–Crippen LogP) is 7.86. The molecule has 2 aromatic rings. The molecular formula is C52H84N6O10. The highest BCUT2D eigenvalue weighted by atomic mass is 16.6. The van der Waals surface area contributed by atoms with Crippen molar-refractivity contribution < 1.29 is 48.5 Å².